The van der Waals surface area contributed by atoms with Gasteiger partial charge in [0.25, 0.3) is 11.5 Å². The molecule has 0 bridgehead atoms. The molecule has 0 saturated carbocycles. The number of carbonyl (C=O) groups excluding carboxylic acids is 1. The van der Waals surface area contributed by atoms with Gasteiger partial charge in [0.15, 0.2) is 0 Å². The number of anilines is 1. The molecule has 2 aromatic heterocycles. The van der Waals surface area contributed by atoms with E-state index >= 15 is 0 Å². The summed E-state index contributed by atoms with van der Waals surface area (Å²) < 4.78 is 10.8. The molecule has 4 aromatic carbocycles. The fourth-order valence-corrected chi connectivity index (χ4v) is 5.21. The number of nitrogens with zero attached hydrogens (tertiary/aromatic N) is 5. The second kappa shape index (κ2) is 13.5. The minimum Gasteiger partial charge on any atom is -0.489 e. The Kier molecular flexibility index (Phi) is 8.86. The number of hydrogen-bond acceptors (Lipinski definition) is 5. The summed E-state index contributed by atoms with van der Waals surface area (Å²) in [4.78, 5) is 26.9. The van der Waals surface area contributed by atoms with Crippen LogP contribution >= 0.6 is 11.6 Å². The molecule has 0 radical (unpaired) electrons. The van der Waals surface area contributed by atoms with Gasteiger partial charge in [0.1, 0.15) is 29.7 Å². The molecule has 6 rings (SSSR count). The molecule has 232 valence electrons. The first kappa shape index (κ1) is 30.9. The van der Waals surface area contributed by atoms with E-state index < -0.39 is 11.5 Å². The van der Waals surface area contributed by atoms with Gasteiger partial charge in [-0.25, -0.2) is 9.36 Å². The number of rotatable bonds is 9. The first-order chi connectivity index (χ1) is 22.8. The van der Waals surface area contributed by atoms with Crippen molar-refractivity contribution >= 4 is 29.3 Å². The third-order valence-electron chi connectivity index (χ3n) is 7.67. The lowest BCUT2D eigenvalue weighted by atomic mass is 10.1. The van der Waals surface area contributed by atoms with E-state index in [0.717, 1.165) is 16.8 Å². The van der Waals surface area contributed by atoms with Crippen molar-refractivity contribution in [2.24, 2.45) is 7.05 Å². The van der Waals surface area contributed by atoms with Crippen LogP contribution in [0, 0.1) is 18.3 Å². The summed E-state index contributed by atoms with van der Waals surface area (Å²) in [5, 5.41) is 18.2. The first-order valence-corrected chi connectivity index (χ1v) is 15.1. The number of benzene rings is 4. The largest absolute Gasteiger partial charge is 0.489 e. The van der Waals surface area contributed by atoms with Crippen molar-refractivity contribution in [3.63, 3.8) is 0 Å². The van der Waals surface area contributed by atoms with Crippen LogP contribution < -0.4 is 15.6 Å². The highest BCUT2D eigenvalue weighted by Gasteiger charge is 2.21. The fourth-order valence-electron chi connectivity index (χ4n) is 5.08. The lowest BCUT2D eigenvalue weighted by Gasteiger charge is -2.08. The van der Waals surface area contributed by atoms with E-state index in [-0.39, 0.29) is 11.3 Å². The van der Waals surface area contributed by atoms with Crippen molar-refractivity contribution in [2.75, 3.05) is 5.32 Å². The van der Waals surface area contributed by atoms with Crippen LogP contribution in [0.2, 0.25) is 5.02 Å². The van der Waals surface area contributed by atoms with Crippen LogP contribution in [0.1, 0.15) is 16.8 Å². The predicted molar refractivity (Wildman–Crippen MR) is 183 cm³/mol. The summed E-state index contributed by atoms with van der Waals surface area (Å²) in [7, 11) is 1.73. The summed E-state index contributed by atoms with van der Waals surface area (Å²) in [6.45, 7) is 2.11. The molecule has 10 heteroatoms. The van der Waals surface area contributed by atoms with Gasteiger partial charge in [-0.3, -0.25) is 14.3 Å². The molecule has 1 N–H and O–H groups in total. The Morgan fingerprint density at radius 3 is 2.21 bits per heavy atom. The molecule has 2 heterocycles. The zero-order chi connectivity index (χ0) is 32.9. The van der Waals surface area contributed by atoms with Crippen molar-refractivity contribution in [1.82, 2.24) is 19.1 Å². The highest BCUT2D eigenvalue weighted by atomic mass is 35.5. The summed E-state index contributed by atoms with van der Waals surface area (Å²) in [6.07, 6.45) is 3.24. The number of nitrogens with one attached hydrogen (secondary N) is 1. The Morgan fingerprint density at radius 2 is 1.57 bits per heavy atom. The third kappa shape index (κ3) is 6.64. The molecule has 0 saturated heterocycles. The molecular formula is C37H29ClN6O3. The van der Waals surface area contributed by atoms with E-state index in [0.29, 0.717) is 40.0 Å². The molecule has 6 aromatic rings. The molecule has 0 aliphatic carbocycles. The maximum atomic E-state index is 13.5. The Morgan fingerprint density at radius 1 is 0.936 bits per heavy atom. The molecule has 0 unspecified atom stereocenters. The van der Waals surface area contributed by atoms with Crippen LogP contribution in [0.4, 0.5) is 5.69 Å². The molecule has 0 atom stereocenters. The Labute approximate surface area is 276 Å². The van der Waals surface area contributed by atoms with Gasteiger partial charge in [-0.05, 0) is 79.2 Å². The minimum absolute atomic E-state index is 0.0943. The van der Waals surface area contributed by atoms with Crippen molar-refractivity contribution < 1.29 is 9.53 Å². The van der Waals surface area contributed by atoms with Crippen LogP contribution in [-0.2, 0) is 18.4 Å². The van der Waals surface area contributed by atoms with Crippen molar-refractivity contribution in [3.05, 3.63) is 153 Å². The molecular weight excluding hydrogens is 612 g/mol. The Bertz CT molecular complexity index is 2170. The first-order valence-electron chi connectivity index (χ1n) is 14.7. The highest BCUT2D eigenvalue weighted by Crippen LogP contribution is 2.28. The average molecular weight is 641 g/mol. The fraction of sp³-hybridized carbons (Fsp3) is 0.0811. The normalized spacial score (nSPS) is 11.2. The zero-order valence-electron chi connectivity index (χ0n) is 25.6. The summed E-state index contributed by atoms with van der Waals surface area (Å²) in [5.41, 5.74) is 4.35. The molecule has 0 fully saturated rings. The van der Waals surface area contributed by atoms with Crippen molar-refractivity contribution in [2.45, 2.75) is 13.5 Å². The quantitative estimate of drug-likeness (QED) is 0.134. The Hall–Kier alpha value is -6.11. The van der Waals surface area contributed by atoms with E-state index in [1.165, 1.54) is 10.8 Å². The van der Waals surface area contributed by atoms with E-state index in [1.807, 2.05) is 103 Å². The molecule has 1 amide bonds. The van der Waals surface area contributed by atoms with E-state index in [2.05, 4.69) is 5.32 Å². The number of ether oxygens (including phenoxy) is 1. The monoisotopic (exact) mass is 640 g/mol. The third-order valence-corrected chi connectivity index (χ3v) is 7.92. The van der Waals surface area contributed by atoms with Crippen LogP contribution in [0.5, 0.6) is 5.75 Å². The van der Waals surface area contributed by atoms with Gasteiger partial charge in [0.05, 0.1) is 22.8 Å². The molecule has 0 aliphatic heterocycles. The van der Waals surface area contributed by atoms with Gasteiger partial charge in [-0.2, -0.15) is 10.4 Å². The number of aromatic nitrogens is 4. The number of amides is 1. The SMILES string of the molecule is Cc1c(NC(=O)/C(C#N)=C/c2cn(-c3ccccc3)nc2-c2ccc(OCc3ccc(Cl)cc3)cc2)c(=O)n(-c2ccccc2)n1C. The maximum Gasteiger partial charge on any atom is 0.295 e. The van der Waals surface area contributed by atoms with Crippen LogP contribution in [0.15, 0.2) is 126 Å². The zero-order valence-corrected chi connectivity index (χ0v) is 26.3. The number of hydrogen-bond donors (Lipinski definition) is 1. The molecule has 9 nitrogen and oxygen atoms in total. The van der Waals surface area contributed by atoms with Gasteiger partial charge in [-0.15, -0.1) is 0 Å². The lowest BCUT2D eigenvalue weighted by molar-refractivity contribution is -0.112. The number of para-hydroxylation sites is 2. The van der Waals surface area contributed by atoms with Crippen LogP contribution in [0.3, 0.4) is 0 Å². The van der Waals surface area contributed by atoms with Crippen LogP contribution in [0.25, 0.3) is 28.7 Å². The standard InChI is InChI=1S/C37H29ClN6O3/c1-25-34(37(46)44(42(25)2)32-11-7-4-8-12-32)40-36(45)28(22-39)21-29-23-43(31-9-5-3-6-10-31)41-35(29)27-15-19-33(20-16-27)47-24-26-13-17-30(38)18-14-26/h3-21,23H,24H2,1-2H3,(H,40,45)/b28-21+. The minimum atomic E-state index is -0.706. The van der Waals surface area contributed by atoms with Crippen molar-refractivity contribution in [3.8, 4) is 34.5 Å². The van der Waals surface area contributed by atoms with Gasteiger partial charge in [0, 0.05) is 29.4 Å². The highest BCUT2D eigenvalue weighted by molar-refractivity contribution is 6.30. The van der Waals surface area contributed by atoms with Gasteiger partial charge >= 0.3 is 0 Å². The van der Waals surface area contributed by atoms with Gasteiger partial charge in [-0.1, -0.05) is 60.1 Å². The average Bonchev–Trinajstić information content (AvgIpc) is 3.62. The smallest absolute Gasteiger partial charge is 0.295 e. The van der Waals surface area contributed by atoms with Gasteiger partial charge < -0.3 is 10.1 Å². The predicted octanol–water partition coefficient (Wildman–Crippen LogP) is 7.12. The molecule has 47 heavy (non-hydrogen) atoms. The van der Waals surface area contributed by atoms with Crippen molar-refractivity contribution in [1.29, 1.82) is 5.26 Å². The topological polar surface area (TPSA) is 107 Å². The summed E-state index contributed by atoms with van der Waals surface area (Å²) in [5.74, 6) is -0.0392. The summed E-state index contributed by atoms with van der Waals surface area (Å²) >= 11 is 5.99. The number of nitriles is 1. The number of halogens is 1. The van der Waals surface area contributed by atoms with Crippen LogP contribution in [-0.4, -0.2) is 25.1 Å². The molecule has 0 aliphatic rings. The number of carbonyl (C=O) groups is 1. The Balaban J connectivity index is 1.31. The second-order valence-corrected chi connectivity index (χ2v) is 11.1. The summed E-state index contributed by atoms with van der Waals surface area (Å²) in [6, 6.07) is 35.5. The lowest BCUT2D eigenvalue weighted by Crippen LogP contribution is -2.23. The van der Waals surface area contributed by atoms with E-state index in [4.69, 9.17) is 21.4 Å². The molecule has 0 spiro atoms. The van der Waals surface area contributed by atoms with E-state index in [1.54, 1.807) is 41.7 Å². The second-order valence-electron chi connectivity index (χ2n) is 10.7. The maximum absolute atomic E-state index is 13.5. The van der Waals surface area contributed by atoms with Gasteiger partial charge in [0.2, 0.25) is 0 Å². The van der Waals surface area contributed by atoms with E-state index in [9.17, 15) is 14.9 Å².